The first kappa shape index (κ1) is 25.0. The summed E-state index contributed by atoms with van der Waals surface area (Å²) in [5.41, 5.74) is -1.63. The van der Waals surface area contributed by atoms with E-state index in [0.717, 1.165) is 19.3 Å². The molecule has 0 heterocycles. The van der Waals surface area contributed by atoms with E-state index >= 15 is 0 Å². The van der Waals surface area contributed by atoms with Gasteiger partial charge in [-0.15, -0.1) is 0 Å². The molecule has 4 aliphatic carbocycles. The summed E-state index contributed by atoms with van der Waals surface area (Å²) in [7, 11) is 0. The molecule has 0 aromatic rings. The molecule has 0 aromatic heterocycles. The molecule has 4 aliphatic rings. The molecule has 0 aromatic carbocycles. The van der Waals surface area contributed by atoms with E-state index in [1.807, 2.05) is 0 Å². The van der Waals surface area contributed by atoms with Gasteiger partial charge in [0.05, 0.1) is 24.5 Å². The molecule has 32 heavy (non-hydrogen) atoms. The Morgan fingerprint density at radius 1 is 1.09 bits per heavy atom. The molecule has 4 rings (SSSR count). The van der Waals surface area contributed by atoms with Crippen LogP contribution in [-0.4, -0.2) is 57.6 Å². The number of carbonyl (C=O) groups excluding carboxylic acids is 2. The number of carboxylic acids is 1. The molecule has 0 radical (unpaired) electrons. The molecule has 0 spiro atoms. The molecule has 4 saturated carbocycles. The Labute approximate surface area is 189 Å². The molecule has 0 aliphatic heterocycles. The molecule has 0 saturated heterocycles. The molecule has 5 unspecified atom stereocenters. The van der Waals surface area contributed by atoms with Crippen LogP contribution in [-0.2, 0) is 23.9 Å². The third-order valence-corrected chi connectivity index (χ3v) is 7.93. The van der Waals surface area contributed by atoms with Crippen LogP contribution in [0, 0.1) is 35.0 Å². The molecule has 0 amide bonds. The van der Waals surface area contributed by atoms with Crippen LogP contribution in [0.1, 0.15) is 72.6 Å². The number of carbonyl (C=O) groups is 3. The Morgan fingerprint density at radius 2 is 1.69 bits per heavy atom. The number of ether oxygens (including phenoxy) is 2. The number of aliphatic hydroxyl groups excluding tert-OH is 2. The molecular formula is C24H38O8. The molecule has 4 fully saturated rings. The minimum Gasteiger partial charge on any atom is -0.478 e. The van der Waals surface area contributed by atoms with Gasteiger partial charge in [0.2, 0.25) is 6.10 Å². The van der Waals surface area contributed by atoms with E-state index < -0.39 is 47.5 Å². The largest absolute Gasteiger partial charge is 0.478 e. The minimum atomic E-state index is -1.48. The van der Waals surface area contributed by atoms with Crippen molar-refractivity contribution in [2.75, 3.05) is 6.61 Å². The second-order valence-electron chi connectivity index (χ2n) is 11.1. The number of hydrogen-bond acceptors (Lipinski definition) is 7. The fraction of sp³-hybridized carbons (Fsp3) is 0.875. The number of hydrogen-bond donors (Lipinski definition) is 3. The number of aliphatic hydroxyl groups is 2. The van der Waals surface area contributed by atoms with Gasteiger partial charge in [0.25, 0.3) is 0 Å². The zero-order chi connectivity index (χ0) is 23.8. The fourth-order valence-corrected chi connectivity index (χ4v) is 6.15. The van der Waals surface area contributed by atoms with Crippen molar-refractivity contribution >= 4 is 17.9 Å². The van der Waals surface area contributed by atoms with E-state index in [1.165, 1.54) is 13.8 Å². The first-order valence-electron chi connectivity index (χ1n) is 11.9. The quantitative estimate of drug-likeness (QED) is 0.429. The average Bonchev–Trinajstić information content (AvgIpc) is 2.72. The van der Waals surface area contributed by atoms with Crippen molar-refractivity contribution < 1.29 is 39.2 Å². The average molecular weight is 455 g/mol. The Bertz CT molecular complexity index is 716. The normalized spacial score (nSPS) is 33.9. The van der Waals surface area contributed by atoms with Gasteiger partial charge < -0.3 is 24.8 Å². The van der Waals surface area contributed by atoms with Gasteiger partial charge in [-0.05, 0) is 62.7 Å². The summed E-state index contributed by atoms with van der Waals surface area (Å²) in [4.78, 5) is 37.2. The Hall–Kier alpha value is -1.67. The van der Waals surface area contributed by atoms with Crippen LogP contribution in [0.25, 0.3) is 0 Å². The predicted molar refractivity (Wildman–Crippen MR) is 114 cm³/mol. The topological polar surface area (TPSA) is 130 Å². The van der Waals surface area contributed by atoms with Gasteiger partial charge in [-0.25, -0.2) is 4.79 Å². The first-order valence-corrected chi connectivity index (χ1v) is 11.9. The van der Waals surface area contributed by atoms with Crippen LogP contribution >= 0.6 is 0 Å². The number of rotatable bonds is 10. The van der Waals surface area contributed by atoms with E-state index in [1.54, 1.807) is 13.8 Å². The van der Waals surface area contributed by atoms with Crippen molar-refractivity contribution in [2.45, 2.75) is 90.4 Å². The highest BCUT2D eigenvalue weighted by atomic mass is 16.6. The lowest BCUT2D eigenvalue weighted by atomic mass is 9.53. The maximum Gasteiger partial charge on any atom is 0.345 e. The van der Waals surface area contributed by atoms with Gasteiger partial charge in [-0.3, -0.25) is 9.59 Å². The van der Waals surface area contributed by atoms with Crippen molar-refractivity contribution in [2.24, 2.45) is 35.0 Å². The molecule has 5 atom stereocenters. The first-order chi connectivity index (χ1) is 14.9. The van der Waals surface area contributed by atoms with Crippen molar-refractivity contribution in [3.8, 4) is 0 Å². The summed E-state index contributed by atoms with van der Waals surface area (Å²) in [5.74, 6) is -2.64. The highest BCUT2D eigenvalue weighted by molar-refractivity contribution is 5.80. The number of aliphatic carboxylic acids is 1. The monoisotopic (exact) mass is 454 g/mol. The summed E-state index contributed by atoms with van der Waals surface area (Å²) >= 11 is 0. The standard InChI is InChI=1S/C24H38O8/c1-5-15(22(30)31-19(20(27)28)23(3,4)12-25)6-13(2)21(29)32-24-9-14-7-16(10-24)18(26)17(8-14)11-24/h13-19,25-26H,5-12H2,1-4H3,(H,27,28). The van der Waals surface area contributed by atoms with Crippen molar-refractivity contribution in [1.29, 1.82) is 0 Å². The fourth-order valence-electron chi connectivity index (χ4n) is 6.15. The summed E-state index contributed by atoms with van der Waals surface area (Å²) in [5, 5.41) is 29.3. The third kappa shape index (κ3) is 4.96. The molecule has 182 valence electrons. The lowest BCUT2D eigenvalue weighted by molar-refractivity contribution is -0.209. The van der Waals surface area contributed by atoms with E-state index in [4.69, 9.17) is 9.47 Å². The van der Waals surface area contributed by atoms with Gasteiger partial charge in [-0.2, -0.15) is 0 Å². The van der Waals surface area contributed by atoms with Crippen LogP contribution in [0.3, 0.4) is 0 Å². The van der Waals surface area contributed by atoms with Crippen molar-refractivity contribution in [3.05, 3.63) is 0 Å². The van der Waals surface area contributed by atoms with E-state index in [0.29, 0.717) is 25.2 Å². The van der Waals surface area contributed by atoms with E-state index in [-0.39, 0.29) is 30.3 Å². The van der Waals surface area contributed by atoms with Crippen LogP contribution in [0.2, 0.25) is 0 Å². The lowest BCUT2D eigenvalue weighted by Crippen LogP contribution is -2.58. The molecule has 8 nitrogen and oxygen atoms in total. The molecule has 3 N–H and O–H groups in total. The SMILES string of the molecule is CCC(CC(C)C(=O)OC12CC3CC(C1)C(O)C(C3)C2)C(=O)OC(C(=O)O)C(C)(C)CO. The maximum absolute atomic E-state index is 13.0. The Balaban J connectivity index is 1.60. The maximum atomic E-state index is 13.0. The number of carboxylic acid groups (broad SMARTS) is 1. The second-order valence-corrected chi connectivity index (χ2v) is 11.1. The Kier molecular flexibility index (Phi) is 7.25. The van der Waals surface area contributed by atoms with Crippen LogP contribution in [0.15, 0.2) is 0 Å². The van der Waals surface area contributed by atoms with Crippen molar-refractivity contribution in [1.82, 2.24) is 0 Å². The Morgan fingerprint density at radius 3 is 2.19 bits per heavy atom. The molecular weight excluding hydrogens is 416 g/mol. The summed E-state index contributed by atoms with van der Waals surface area (Å²) in [6, 6.07) is 0. The van der Waals surface area contributed by atoms with Crippen LogP contribution < -0.4 is 0 Å². The highest BCUT2D eigenvalue weighted by Crippen LogP contribution is 2.57. The van der Waals surface area contributed by atoms with Crippen LogP contribution in [0.4, 0.5) is 0 Å². The third-order valence-electron chi connectivity index (χ3n) is 7.93. The number of esters is 2. The summed E-state index contributed by atoms with van der Waals surface area (Å²) in [6.07, 6.45) is 3.10. The van der Waals surface area contributed by atoms with Crippen molar-refractivity contribution in [3.63, 3.8) is 0 Å². The summed E-state index contributed by atoms with van der Waals surface area (Å²) < 4.78 is 11.3. The zero-order valence-corrected chi connectivity index (χ0v) is 19.6. The minimum absolute atomic E-state index is 0.200. The van der Waals surface area contributed by atoms with E-state index in [9.17, 15) is 29.7 Å². The smallest absolute Gasteiger partial charge is 0.345 e. The predicted octanol–water partition coefficient (Wildman–Crippen LogP) is 2.54. The highest BCUT2D eigenvalue weighted by Gasteiger charge is 2.57. The second kappa shape index (κ2) is 9.29. The lowest BCUT2D eigenvalue weighted by Gasteiger charge is -2.57. The zero-order valence-electron chi connectivity index (χ0n) is 19.6. The molecule has 8 heteroatoms. The van der Waals surface area contributed by atoms with Gasteiger partial charge in [-0.1, -0.05) is 27.7 Å². The molecule has 4 bridgehead atoms. The van der Waals surface area contributed by atoms with Gasteiger partial charge in [0.15, 0.2) is 0 Å². The van der Waals surface area contributed by atoms with Gasteiger partial charge in [0.1, 0.15) is 5.60 Å². The van der Waals surface area contributed by atoms with Crippen LogP contribution in [0.5, 0.6) is 0 Å². The summed E-state index contributed by atoms with van der Waals surface area (Å²) in [6.45, 7) is 6.10. The van der Waals surface area contributed by atoms with Gasteiger partial charge >= 0.3 is 17.9 Å². The van der Waals surface area contributed by atoms with E-state index in [2.05, 4.69) is 0 Å². The van der Waals surface area contributed by atoms with Gasteiger partial charge in [0, 0.05) is 5.41 Å².